The molecule has 3 rings (SSSR count). The highest BCUT2D eigenvalue weighted by Crippen LogP contribution is 2.25. The van der Waals surface area contributed by atoms with E-state index in [1.54, 1.807) is 0 Å². The van der Waals surface area contributed by atoms with Crippen LogP contribution >= 0.6 is 0 Å². The van der Waals surface area contributed by atoms with Crippen LogP contribution in [0.2, 0.25) is 0 Å². The maximum absolute atomic E-state index is 5.88. The van der Waals surface area contributed by atoms with Crippen molar-refractivity contribution in [1.29, 1.82) is 0 Å². The third-order valence-corrected chi connectivity index (χ3v) is 4.14. The average molecular weight is 276 g/mol. The van der Waals surface area contributed by atoms with Crippen molar-refractivity contribution in [1.82, 2.24) is 20.1 Å². The summed E-state index contributed by atoms with van der Waals surface area (Å²) >= 11 is 0. The Balaban J connectivity index is 1.67. The summed E-state index contributed by atoms with van der Waals surface area (Å²) in [7, 11) is 0. The van der Waals surface area contributed by atoms with Gasteiger partial charge in [-0.3, -0.25) is 10.00 Å². The maximum atomic E-state index is 5.88. The highest BCUT2D eigenvalue weighted by Gasteiger charge is 2.28. The zero-order chi connectivity index (χ0) is 13.9. The first kappa shape index (κ1) is 13.8. The highest BCUT2D eigenvalue weighted by atomic mass is 16.5. The Morgan fingerprint density at radius 1 is 1.45 bits per heavy atom. The number of allylic oxidation sites excluding steroid dienone is 1. The van der Waals surface area contributed by atoms with Crippen LogP contribution in [0.25, 0.3) is 0 Å². The van der Waals surface area contributed by atoms with E-state index in [2.05, 4.69) is 46.1 Å². The molecule has 1 N–H and O–H groups in total. The SMILES string of the molecule is CC(C)c1n[nH]c([C@@H]2CN([C@@H]3C=CCCC3)CCO2)n1. The standard InChI is InChI=1S/C15H24N4O/c1-11(2)14-16-15(18-17-14)13-10-19(8-9-20-13)12-6-4-3-5-7-12/h4,6,11-13H,3,5,7-10H2,1-2H3,(H,16,17,18)/t12-,13+/m1/s1. The van der Waals surface area contributed by atoms with Crippen LogP contribution in [0.1, 0.15) is 56.8 Å². The van der Waals surface area contributed by atoms with Crippen molar-refractivity contribution in [3.8, 4) is 0 Å². The Labute approximate surface area is 120 Å². The first-order valence-electron chi connectivity index (χ1n) is 7.68. The summed E-state index contributed by atoms with van der Waals surface area (Å²) in [6, 6.07) is 0.572. The van der Waals surface area contributed by atoms with Crippen molar-refractivity contribution < 1.29 is 4.74 Å². The molecule has 2 heterocycles. The molecular formula is C15H24N4O. The topological polar surface area (TPSA) is 54.0 Å². The van der Waals surface area contributed by atoms with Crippen LogP contribution < -0.4 is 0 Å². The second-order valence-electron chi connectivity index (χ2n) is 6.01. The van der Waals surface area contributed by atoms with Gasteiger partial charge in [0, 0.05) is 25.0 Å². The van der Waals surface area contributed by atoms with E-state index < -0.39 is 0 Å². The Morgan fingerprint density at radius 3 is 3.05 bits per heavy atom. The summed E-state index contributed by atoms with van der Waals surface area (Å²) in [5.41, 5.74) is 0. The monoisotopic (exact) mass is 276 g/mol. The third-order valence-electron chi connectivity index (χ3n) is 4.14. The molecule has 0 aromatic carbocycles. The summed E-state index contributed by atoms with van der Waals surface area (Å²) in [4.78, 5) is 7.09. The summed E-state index contributed by atoms with van der Waals surface area (Å²) in [5, 5.41) is 7.33. The van der Waals surface area contributed by atoms with E-state index in [0.717, 1.165) is 31.3 Å². The van der Waals surface area contributed by atoms with E-state index in [0.29, 0.717) is 12.0 Å². The number of nitrogens with one attached hydrogen (secondary N) is 1. The van der Waals surface area contributed by atoms with E-state index in [4.69, 9.17) is 4.74 Å². The van der Waals surface area contributed by atoms with Crippen molar-refractivity contribution in [2.45, 2.75) is 51.2 Å². The normalized spacial score (nSPS) is 28.1. The van der Waals surface area contributed by atoms with Crippen molar-refractivity contribution >= 4 is 0 Å². The number of aromatic nitrogens is 3. The van der Waals surface area contributed by atoms with Crippen molar-refractivity contribution in [2.24, 2.45) is 0 Å². The van der Waals surface area contributed by atoms with Gasteiger partial charge in [0.1, 0.15) is 6.10 Å². The van der Waals surface area contributed by atoms with Crippen LogP contribution in [0.5, 0.6) is 0 Å². The Bertz CT molecular complexity index is 468. The number of morpholine rings is 1. The van der Waals surface area contributed by atoms with Gasteiger partial charge in [-0.15, -0.1) is 0 Å². The minimum absolute atomic E-state index is 0.0269. The van der Waals surface area contributed by atoms with E-state index in [-0.39, 0.29) is 6.10 Å². The molecule has 1 fully saturated rings. The molecule has 0 amide bonds. The highest BCUT2D eigenvalue weighted by molar-refractivity contribution is 5.03. The molecule has 1 aromatic heterocycles. The molecule has 2 aliphatic rings. The van der Waals surface area contributed by atoms with E-state index in [9.17, 15) is 0 Å². The number of nitrogens with zero attached hydrogens (tertiary/aromatic N) is 3. The lowest BCUT2D eigenvalue weighted by Crippen LogP contribution is -2.44. The number of ether oxygens (including phenoxy) is 1. The molecule has 1 aliphatic heterocycles. The second-order valence-corrected chi connectivity index (χ2v) is 6.01. The molecule has 2 atom stereocenters. The first-order valence-corrected chi connectivity index (χ1v) is 7.68. The molecule has 5 heteroatoms. The zero-order valence-corrected chi connectivity index (χ0v) is 12.4. The van der Waals surface area contributed by atoms with Gasteiger partial charge in [0.2, 0.25) is 0 Å². The molecule has 5 nitrogen and oxygen atoms in total. The van der Waals surface area contributed by atoms with E-state index >= 15 is 0 Å². The Morgan fingerprint density at radius 2 is 2.35 bits per heavy atom. The summed E-state index contributed by atoms with van der Waals surface area (Å²) < 4.78 is 5.88. The number of hydrogen-bond donors (Lipinski definition) is 1. The number of rotatable bonds is 3. The molecule has 0 unspecified atom stereocenters. The molecule has 0 radical (unpaired) electrons. The Hall–Kier alpha value is -1.20. The smallest absolute Gasteiger partial charge is 0.155 e. The number of H-pyrrole nitrogens is 1. The predicted octanol–water partition coefficient (Wildman–Crippen LogP) is 2.41. The van der Waals surface area contributed by atoms with Crippen LogP contribution in [0, 0.1) is 0 Å². The maximum Gasteiger partial charge on any atom is 0.155 e. The fraction of sp³-hybridized carbons (Fsp3) is 0.733. The molecule has 0 spiro atoms. The molecule has 0 bridgehead atoms. The minimum atomic E-state index is 0.0269. The fourth-order valence-corrected chi connectivity index (χ4v) is 2.92. The van der Waals surface area contributed by atoms with Crippen LogP contribution in [0.3, 0.4) is 0 Å². The fourth-order valence-electron chi connectivity index (χ4n) is 2.92. The quantitative estimate of drug-likeness (QED) is 0.861. The van der Waals surface area contributed by atoms with Gasteiger partial charge in [0.25, 0.3) is 0 Å². The molecule has 1 aliphatic carbocycles. The summed E-state index contributed by atoms with van der Waals surface area (Å²) in [5.74, 6) is 2.09. The Kier molecular flexibility index (Phi) is 4.17. The van der Waals surface area contributed by atoms with Crippen LogP contribution in [-0.2, 0) is 4.74 Å². The lowest BCUT2D eigenvalue weighted by atomic mass is 10.0. The van der Waals surface area contributed by atoms with Gasteiger partial charge in [-0.05, 0) is 19.3 Å². The van der Waals surface area contributed by atoms with Crippen LogP contribution in [-0.4, -0.2) is 45.8 Å². The van der Waals surface area contributed by atoms with Gasteiger partial charge >= 0.3 is 0 Å². The summed E-state index contributed by atoms with van der Waals surface area (Å²) in [6.45, 7) is 6.90. The number of aromatic amines is 1. The van der Waals surface area contributed by atoms with Gasteiger partial charge in [-0.1, -0.05) is 26.0 Å². The van der Waals surface area contributed by atoms with Crippen molar-refractivity contribution in [3.05, 3.63) is 23.8 Å². The van der Waals surface area contributed by atoms with Gasteiger partial charge in [0.05, 0.1) is 6.61 Å². The van der Waals surface area contributed by atoms with Gasteiger partial charge in [-0.2, -0.15) is 5.10 Å². The van der Waals surface area contributed by atoms with Gasteiger partial charge < -0.3 is 4.74 Å². The molecular weight excluding hydrogens is 252 g/mol. The lowest BCUT2D eigenvalue weighted by Gasteiger charge is -2.37. The molecule has 0 saturated carbocycles. The molecule has 20 heavy (non-hydrogen) atoms. The molecule has 110 valence electrons. The van der Waals surface area contributed by atoms with Crippen molar-refractivity contribution in [2.75, 3.05) is 19.7 Å². The zero-order valence-electron chi connectivity index (χ0n) is 12.4. The largest absolute Gasteiger partial charge is 0.368 e. The van der Waals surface area contributed by atoms with Crippen molar-refractivity contribution in [3.63, 3.8) is 0 Å². The lowest BCUT2D eigenvalue weighted by molar-refractivity contribution is -0.0442. The second kappa shape index (κ2) is 6.06. The van der Waals surface area contributed by atoms with E-state index in [1.807, 2.05) is 0 Å². The van der Waals surface area contributed by atoms with Gasteiger partial charge in [0.15, 0.2) is 11.6 Å². The van der Waals surface area contributed by atoms with Gasteiger partial charge in [-0.25, -0.2) is 4.98 Å². The molecule has 1 saturated heterocycles. The van der Waals surface area contributed by atoms with Crippen LogP contribution in [0.15, 0.2) is 12.2 Å². The predicted molar refractivity (Wildman–Crippen MR) is 77.5 cm³/mol. The summed E-state index contributed by atoms with van der Waals surface area (Å²) in [6.07, 6.45) is 8.47. The first-order chi connectivity index (χ1) is 9.74. The van der Waals surface area contributed by atoms with Crippen LogP contribution in [0.4, 0.5) is 0 Å². The molecule has 1 aromatic rings. The average Bonchev–Trinajstić information content (AvgIpc) is 2.98. The minimum Gasteiger partial charge on any atom is -0.368 e. The number of hydrogen-bond acceptors (Lipinski definition) is 4. The van der Waals surface area contributed by atoms with E-state index in [1.165, 1.54) is 19.3 Å². The third kappa shape index (κ3) is 2.94.